The van der Waals surface area contributed by atoms with Crippen LogP contribution >= 0.6 is 58.2 Å². The van der Waals surface area contributed by atoms with E-state index in [9.17, 15) is 19.2 Å². The van der Waals surface area contributed by atoms with Gasteiger partial charge in [0.25, 0.3) is 11.8 Å². The van der Waals surface area contributed by atoms with Gasteiger partial charge < -0.3 is 19.9 Å². The Labute approximate surface area is 211 Å². The van der Waals surface area contributed by atoms with Crippen LogP contribution in [0, 0.1) is 0 Å². The minimum atomic E-state index is -1.64. The van der Waals surface area contributed by atoms with E-state index >= 15 is 0 Å². The van der Waals surface area contributed by atoms with Crippen LogP contribution in [0.15, 0.2) is 34.1 Å². The fourth-order valence-corrected chi connectivity index (χ4v) is 5.08. The minimum absolute atomic E-state index is 0.128. The summed E-state index contributed by atoms with van der Waals surface area (Å²) in [6.07, 6.45) is -1.64. The Morgan fingerprint density at radius 1 is 1.24 bits per heavy atom. The first kappa shape index (κ1) is 25.5. The quantitative estimate of drug-likeness (QED) is 0.307. The standard InChI is InChI=1S/C19H14Cl4N2O7S/c1-7(26)31-5-9-6-33-18-13(16(28)25(18)17(9)32-19(29)30)24-15(27)12(14(22)23)8-2-3-10(20)11(21)4-8/h2-4,13,18H,5-6H2,1H3,(H,24,27)(H,29,30)/t13?,18-/m0/s1. The van der Waals surface area contributed by atoms with E-state index in [4.69, 9.17) is 61.0 Å². The van der Waals surface area contributed by atoms with Gasteiger partial charge in [-0.25, -0.2) is 4.79 Å². The Balaban J connectivity index is 1.81. The fourth-order valence-electron chi connectivity index (χ4n) is 3.09. The van der Waals surface area contributed by atoms with Crippen LogP contribution in [0.2, 0.25) is 10.0 Å². The highest BCUT2D eigenvalue weighted by atomic mass is 35.5. The third kappa shape index (κ3) is 5.52. The fraction of sp³-hybridized carbons (Fsp3) is 0.263. The number of thioether (sulfide) groups is 1. The number of nitrogens with one attached hydrogen (secondary N) is 1. The number of β-lactam (4-membered cyclic amide) rings is 1. The van der Waals surface area contributed by atoms with E-state index in [-0.39, 0.29) is 43.9 Å². The van der Waals surface area contributed by atoms with Crippen molar-refractivity contribution in [2.75, 3.05) is 12.4 Å². The van der Waals surface area contributed by atoms with Crippen LogP contribution in [-0.4, -0.2) is 57.7 Å². The van der Waals surface area contributed by atoms with Crippen molar-refractivity contribution in [1.82, 2.24) is 10.2 Å². The molecule has 3 rings (SSSR count). The predicted octanol–water partition coefficient (Wildman–Crippen LogP) is 4.01. The van der Waals surface area contributed by atoms with E-state index in [1.807, 2.05) is 0 Å². The van der Waals surface area contributed by atoms with Crippen LogP contribution in [0.4, 0.5) is 4.79 Å². The zero-order valence-electron chi connectivity index (χ0n) is 16.6. The molecule has 14 heteroatoms. The summed E-state index contributed by atoms with van der Waals surface area (Å²) in [6, 6.07) is 3.33. The first-order valence-electron chi connectivity index (χ1n) is 9.03. The lowest BCUT2D eigenvalue weighted by molar-refractivity contribution is -0.148. The second-order valence-electron chi connectivity index (χ2n) is 6.68. The van der Waals surface area contributed by atoms with Crippen LogP contribution in [-0.2, 0) is 23.9 Å². The van der Waals surface area contributed by atoms with Crippen molar-refractivity contribution in [3.8, 4) is 0 Å². The zero-order valence-corrected chi connectivity index (χ0v) is 20.4. The first-order valence-corrected chi connectivity index (χ1v) is 11.6. The van der Waals surface area contributed by atoms with Gasteiger partial charge in [-0.05, 0) is 17.7 Å². The summed E-state index contributed by atoms with van der Waals surface area (Å²) in [4.78, 5) is 49.0. The average molecular weight is 556 g/mol. The van der Waals surface area contributed by atoms with Crippen LogP contribution < -0.4 is 5.32 Å². The molecule has 0 spiro atoms. The zero-order chi connectivity index (χ0) is 24.4. The van der Waals surface area contributed by atoms with E-state index in [2.05, 4.69) is 5.32 Å². The van der Waals surface area contributed by atoms with E-state index in [1.54, 1.807) is 0 Å². The number of carbonyl (C=O) groups excluding carboxylic acids is 3. The lowest BCUT2D eigenvalue weighted by atomic mass is 10.0. The maximum absolute atomic E-state index is 12.9. The number of carbonyl (C=O) groups is 4. The molecule has 1 unspecified atom stereocenters. The second-order valence-corrected chi connectivity index (χ2v) is 9.55. The smallest absolute Gasteiger partial charge is 0.461 e. The Hall–Kier alpha value is -2.11. The van der Waals surface area contributed by atoms with Crippen molar-refractivity contribution >= 4 is 87.7 Å². The number of carboxylic acid groups (broad SMARTS) is 1. The molecular weight excluding hydrogens is 542 g/mol. The molecular formula is C19H14Cl4N2O7S. The van der Waals surface area contributed by atoms with Crippen molar-refractivity contribution in [2.24, 2.45) is 0 Å². The second kappa shape index (κ2) is 10.4. The molecule has 2 aliphatic heterocycles. The van der Waals surface area contributed by atoms with Gasteiger partial charge in [-0.2, -0.15) is 0 Å². The molecule has 2 heterocycles. The molecule has 0 aliphatic carbocycles. The van der Waals surface area contributed by atoms with Gasteiger partial charge in [-0.3, -0.25) is 19.3 Å². The molecule has 2 amide bonds. The molecule has 176 valence electrons. The van der Waals surface area contributed by atoms with E-state index in [1.165, 1.54) is 36.9 Å². The van der Waals surface area contributed by atoms with Crippen molar-refractivity contribution in [3.05, 3.63) is 49.8 Å². The van der Waals surface area contributed by atoms with Crippen LogP contribution in [0.5, 0.6) is 0 Å². The number of esters is 1. The van der Waals surface area contributed by atoms with Gasteiger partial charge in [0, 0.05) is 18.2 Å². The van der Waals surface area contributed by atoms with Gasteiger partial charge >= 0.3 is 12.1 Å². The Morgan fingerprint density at radius 3 is 2.52 bits per heavy atom. The lowest BCUT2D eigenvalue weighted by Crippen LogP contribution is -2.70. The molecule has 1 fully saturated rings. The SMILES string of the molecule is CC(=O)OCC1=C(OC(=O)O)N2C(=O)C(NC(=O)C(=C(Cl)Cl)c3ccc(Cl)c(Cl)c3)[C@@H]2SC1. The number of halogens is 4. The molecule has 2 atom stereocenters. The summed E-state index contributed by atoms with van der Waals surface area (Å²) < 4.78 is 9.33. The van der Waals surface area contributed by atoms with Gasteiger partial charge in [-0.15, -0.1) is 11.8 Å². The maximum Gasteiger partial charge on any atom is 0.512 e. The third-order valence-corrected chi connectivity index (χ3v) is 6.99. The van der Waals surface area contributed by atoms with Gasteiger partial charge in [-0.1, -0.05) is 52.5 Å². The largest absolute Gasteiger partial charge is 0.512 e. The van der Waals surface area contributed by atoms with E-state index in [0.717, 1.165) is 4.90 Å². The Bertz CT molecular complexity index is 1100. The van der Waals surface area contributed by atoms with Gasteiger partial charge in [0.2, 0.25) is 5.88 Å². The highest BCUT2D eigenvalue weighted by Crippen LogP contribution is 2.41. The molecule has 1 aromatic rings. The van der Waals surface area contributed by atoms with E-state index in [0.29, 0.717) is 5.57 Å². The summed E-state index contributed by atoms with van der Waals surface area (Å²) in [6.45, 7) is 0.947. The van der Waals surface area contributed by atoms with Crippen LogP contribution in [0.25, 0.3) is 5.57 Å². The van der Waals surface area contributed by atoms with Gasteiger partial charge in [0.05, 0.1) is 15.6 Å². The van der Waals surface area contributed by atoms with Crippen LogP contribution in [0.3, 0.4) is 0 Å². The summed E-state index contributed by atoms with van der Waals surface area (Å²) >= 11 is 25.0. The predicted molar refractivity (Wildman–Crippen MR) is 123 cm³/mol. The van der Waals surface area contributed by atoms with Crippen molar-refractivity contribution in [2.45, 2.75) is 18.3 Å². The molecule has 1 aromatic carbocycles. The topological polar surface area (TPSA) is 122 Å². The normalized spacial score (nSPS) is 19.3. The minimum Gasteiger partial charge on any atom is -0.461 e. The molecule has 0 radical (unpaired) electrons. The number of hydrogen-bond acceptors (Lipinski definition) is 7. The third-order valence-electron chi connectivity index (χ3n) is 4.54. The highest BCUT2D eigenvalue weighted by Gasteiger charge is 2.54. The summed E-state index contributed by atoms with van der Waals surface area (Å²) in [7, 11) is 0. The van der Waals surface area contributed by atoms with Gasteiger partial charge in [0.15, 0.2) is 0 Å². The molecule has 2 N–H and O–H groups in total. The molecule has 0 bridgehead atoms. The van der Waals surface area contributed by atoms with Crippen molar-refractivity contribution in [3.63, 3.8) is 0 Å². The first-order chi connectivity index (χ1) is 15.5. The lowest BCUT2D eigenvalue weighted by Gasteiger charge is -2.49. The summed E-state index contributed by atoms with van der Waals surface area (Å²) in [5.74, 6) is -2.01. The number of fused-ring (bicyclic) bond motifs is 1. The Morgan fingerprint density at radius 2 is 1.94 bits per heavy atom. The number of rotatable bonds is 6. The number of hydrogen-bond donors (Lipinski definition) is 2. The number of nitrogens with zero attached hydrogens (tertiary/aromatic N) is 1. The van der Waals surface area contributed by atoms with E-state index < -0.39 is 35.4 Å². The Kier molecular flexibility index (Phi) is 8.07. The maximum atomic E-state index is 12.9. The molecule has 0 saturated carbocycles. The molecule has 9 nitrogen and oxygen atoms in total. The van der Waals surface area contributed by atoms with Crippen LogP contribution in [0.1, 0.15) is 12.5 Å². The molecule has 2 aliphatic rings. The van der Waals surface area contributed by atoms with Crippen molar-refractivity contribution in [1.29, 1.82) is 0 Å². The van der Waals surface area contributed by atoms with Gasteiger partial charge in [0.1, 0.15) is 22.5 Å². The molecule has 0 aromatic heterocycles. The average Bonchev–Trinajstić information content (AvgIpc) is 2.72. The number of benzene rings is 1. The molecule has 1 saturated heterocycles. The summed E-state index contributed by atoms with van der Waals surface area (Å²) in [5.41, 5.74) is 0.449. The number of ether oxygens (including phenoxy) is 2. The number of amides is 2. The van der Waals surface area contributed by atoms with Crippen molar-refractivity contribution < 1.29 is 33.8 Å². The summed E-state index contributed by atoms with van der Waals surface area (Å²) in [5, 5.41) is 11.4. The molecule has 33 heavy (non-hydrogen) atoms. The monoisotopic (exact) mass is 554 g/mol. The highest BCUT2D eigenvalue weighted by molar-refractivity contribution is 8.00.